The van der Waals surface area contributed by atoms with Crippen LogP contribution in [0.4, 0.5) is 5.69 Å². The number of carbonyl (C=O) groups is 1. The van der Waals surface area contributed by atoms with Crippen molar-refractivity contribution in [2.45, 2.75) is 44.5 Å². The molecule has 228 valence electrons. The van der Waals surface area contributed by atoms with Crippen LogP contribution in [-0.2, 0) is 29.0 Å². The van der Waals surface area contributed by atoms with Gasteiger partial charge in [-0.05, 0) is 65.1 Å². The average molecular weight is 595 g/mol. The summed E-state index contributed by atoms with van der Waals surface area (Å²) in [7, 11) is 3.33. The molecule has 3 atom stereocenters. The van der Waals surface area contributed by atoms with Crippen LogP contribution in [0.3, 0.4) is 0 Å². The van der Waals surface area contributed by atoms with Gasteiger partial charge in [0.05, 0.1) is 33.0 Å². The van der Waals surface area contributed by atoms with E-state index in [0.29, 0.717) is 17.7 Å². The highest BCUT2D eigenvalue weighted by molar-refractivity contribution is 6.04. The van der Waals surface area contributed by atoms with Crippen molar-refractivity contribution < 1.29 is 28.8 Å². The second-order valence-corrected chi connectivity index (χ2v) is 11.3. The van der Waals surface area contributed by atoms with Crippen LogP contribution in [0.1, 0.15) is 57.0 Å². The molecule has 8 nitrogen and oxygen atoms in total. The smallest absolute Gasteiger partial charge is 0.255 e. The lowest BCUT2D eigenvalue weighted by Crippen LogP contribution is -2.41. The quantitative estimate of drug-likeness (QED) is 0.244. The van der Waals surface area contributed by atoms with Crippen LogP contribution in [0.5, 0.6) is 11.5 Å². The molecule has 0 bridgehead atoms. The van der Waals surface area contributed by atoms with Crippen LogP contribution in [0.25, 0.3) is 0 Å². The third kappa shape index (κ3) is 6.79. The molecule has 1 amide bonds. The SMILES string of the molecule is COc1cc2c(cc1OC)CN(C[C@H]1C[C@@H](c3ccc(CO)cc3)O[C@@H](c3cccc(NC(=O)c4ccccc4)c3)O1)CC2. The molecule has 0 aliphatic carbocycles. The van der Waals surface area contributed by atoms with Crippen molar-refractivity contribution in [3.05, 3.63) is 124 Å². The first-order valence-corrected chi connectivity index (χ1v) is 15.0. The van der Waals surface area contributed by atoms with Gasteiger partial charge >= 0.3 is 0 Å². The Bertz CT molecular complexity index is 1580. The fraction of sp³-hybridized carbons (Fsp3) is 0.306. The number of carbonyl (C=O) groups excluding carboxylic acids is 1. The first-order chi connectivity index (χ1) is 21.5. The van der Waals surface area contributed by atoms with E-state index < -0.39 is 6.29 Å². The van der Waals surface area contributed by atoms with E-state index in [2.05, 4.69) is 22.3 Å². The predicted octanol–water partition coefficient (Wildman–Crippen LogP) is 6.05. The summed E-state index contributed by atoms with van der Waals surface area (Å²) in [5.41, 5.74) is 6.50. The number of anilines is 1. The lowest BCUT2D eigenvalue weighted by molar-refractivity contribution is -0.253. The van der Waals surface area contributed by atoms with Gasteiger partial charge in [-0.1, -0.05) is 54.6 Å². The molecule has 2 N–H and O–H groups in total. The number of amides is 1. The minimum Gasteiger partial charge on any atom is -0.493 e. The van der Waals surface area contributed by atoms with Crippen molar-refractivity contribution in [1.29, 1.82) is 0 Å². The van der Waals surface area contributed by atoms with E-state index in [9.17, 15) is 9.90 Å². The number of fused-ring (bicyclic) bond motifs is 1. The third-order valence-corrected chi connectivity index (χ3v) is 8.33. The maximum Gasteiger partial charge on any atom is 0.255 e. The van der Waals surface area contributed by atoms with Crippen molar-refractivity contribution in [1.82, 2.24) is 4.90 Å². The molecule has 0 radical (unpaired) electrons. The fourth-order valence-corrected chi connectivity index (χ4v) is 5.97. The Hall–Kier alpha value is -4.21. The molecule has 2 aliphatic heterocycles. The highest BCUT2D eigenvalue weighted by Crippen LogP contribution is 2.39. The van der Waals surface area contributed by atoms with Crippen LogP contribution < -0.4 is 14.8 Å². The Morgan fingerprint density at radius 1 is 0.886 bits per heavy atom. The molecule has 2 aliphatic rings. The number of methoxy groups -OCH3 is 2. The van der Waals surface area contributed by atoms with Gasteiger partial charge in [-0.25, -0.2) is 0 Å². The van der Waals surface area contributed by atoms with Gasteiger partial charge in [0, 0.05) is 42.9 Å². The summed E-state index contributed by atoms with van der Waals surface area (Å²) in [4.78, 5) is 15.2. The van der Waals surface area contributed by atoms with Gasteiger partial charge in [0.2, 0.25) is 0 Å². The summed E-state index contributed by atoms with van der Waals surface area (Å²) in [6.45, 7) is 2.43. The van der Waals surface area contributed by atoms with Crippen LogP contribution in [-0.4, -0.2) is 49.3 Å². The summed E-state index contributed by atoms with van der Waals surface area (Å²) < 4.78 is 24.3. The third-order valence-electron chi connectivity index (χ3n) is 8.33. The second-order valence-electron chi connectivity index (χ2n) is 11.3. The molecule has 2 heterocycles. The highest BCUT2D eigenvalue weighted by Gasteiger charge is 2.34. The van der Waals surface area contributed by atoms with Gasteiger partial charge in [0.25, 0.3) is 5.91 Å². The van der Waals surface area contributed by atoms with E-state index in [1.807, 2.05) is 66.7 Å². The largest absolute Gasteiger partial charge is 0.493 e. The fourth-order valence-electron chi connectivity index (χ4n) is 5.97. The Morgan fingerprint density at radius 2 is 1.64 bits per heavy atom. The number of nitrogens with zero attached hydrogens (tertiary/aromatic N) is 1. The molecular weight excluding hydrogens is 556 g/mol. The second kappa shape index (κ2) is 13.6. The van der Waals surface area contributed by atoms with Crippen molar-refractivity contribution in [3.8, 4) is 11.5 Å². The van der Waals surface area contributed by atoms with E-state index in [0.717, 1.165) is 54.2 Å². The average Bonchev–Trinajstić information content (AvgIpc) is 3.08. The lowest BCUT2D eigenvalue weighted by atomic mass is 9.97. The van der Waals surface area contributed by atoms with E-state index in [-0.39, 0.29) is 24.7 Å². The normalized spacial score (nSPS) is 20.0. The molecule has 1 saturated heterocycles. The number of benzene rings is 4. The van der Waals surface area contributed by atoms with E-state index in [4.69, 9.17) is 18.9 Å². The van der Waals surface area contributed by atoms with Crippen molar-refractivity contribution in [3.63, 3.8) is 0 Å². The van der Waals surface area contributed by atoms with Gasteiger partial charge in [-0.3, -0.25) is 9.69 Å². The summed E-state index contributed by atoms with van der Waals surface area (Å²) in [6.07, 6.45) is 0.689. The Kier molecular flexibility index (Phi) is 9.23. The summed E-state index contributed by atoms with van der Waals surface area (Å²) >= 11 is 0. The topological polar surface area (TPSA) is 89.5 Å². The number of ether oxygens (including phenoxy) is 4. The first kappa shape index (κ1) is 29.8. The summed E-state index contributed by atoms with van der Waals surface area (Å²) in [5, 5.41) is 12.5. The maximum atomic E-state index is 12.8. The number of hydrogen-bond donors (Lipinski definition) is 2. The van der Waals surface area contributed by atoms with Crippen molar-refractivity contribution >= 4 is 11.6 Å². The zero-order chi connectivity index (χ0) is 30.5. The van der Waals surface area contributed by atoms with E-state index in [1.165, 1.54) is 11.1 Å². The summed E-state index contributed by atoms with van der Waals surface area (Å²) in [5.74, 6) is 1.32. The van der Waals surface area contributed by atoms with Gasteiger partial charge in [-0.2, -0.15) is 0 Å². The molecular formula is C36H38N2O6. The zero-order valence-corrected chi connectivity index (χ0v) is 25.1. The van der Waals surface area contributed by atoms with Crippen LogP contribution in [0, 0.1) is 0 Å². The molecule has 0 aromatic heterocycles. The lowest BCUT2D eigenvalue weighted by Gasteiger charge is -2.39. The van der Waals surface area contributed by atoms with Gasteiger partial charge in [0.1, 0.15) is 0 Å². The Labute approximate surface area is 258 Å². The van der Waals surface area contributed by atoms with Gasteiger partial charge in [-0.15, -0.1) is 0 Å². The standard InChI is InChI=1S/C36H38N2O6/c1-41-33-18-27-15-16-38(21-29(27)19-34(33)42-2)22-31-20-32(25-13-11-24(23-39)12-14-25)44-36(43-31)28-9-6-10-30(17-28)37-35(40)26-7-4-3-5-8-26/h3-14,17-19,31-32,36,39H,15-16,20-23H2,1-2H3,(H,37,40)/t31-,32+,36+/m1/s1. The molecule has 0 spiro atoms. The van der Waals surface area contributed by atoms with Crippen molar-refractivity contribution in [2.75, 3.05) is 32.6 Å². The van der Waals surface area contributed by atoms with Crippen molar-refractivity contribution in [2.24, 2.45) is 0 Å². The monoisotopic (exact) mass is 594 g/mol. The number of aliphatic hydroxyl groups is 1. The molecule has 4 aromatic carbocycles. The minimum absolute atomic E-state index is 0.00521. The van der Waals surface area contributed by atoms with Gasteiger partial charge < -0.3 is 29.4 Å². The summed E-state index contributed by atoms with van der Waals surface area (Å²) in [6, 6.07) is 28.9. The van der Waals surface area contributed by atoms with Crippen LogP contribution >= 0.6 is 0 Å². The minimum atomic E-state index is -0.619. The molecule has 44 heavy (non-hydrogen) atoms. The highest BCUT2D eigenvalue weighted by atomic mass is 16.7. The number of aliphatic hydroxyl groups excluding tert-OH is 1. The predicted molar refractivity (Wildman–Crippen MR) is 168 cm³/mol. The molecule has 0 saturated carbocycles. The Morgan fingerprint density at radius 3 is 2.36 bits per heavy atom. The van der Waals surface area contributed by atoms with E-state index in [1.54, 1.807) is 26.4 Å². The van der Waals surface area contributed by atoms with Crippen LogP contribution in [0.2, 0.25) is 0 Å². The molecule has 1 fully saturated rings. The zero-order valence-electron chi connectivity index (χ0n) is 25.1. The first-order valence-electron chi connectivity index (χ1n) is 15.0. The van der Waals surface area contributed by atoms with Gasteiger partial charge in [0.15, 0.2) is 17.8 Å². The molecule has 6 rings (SSSR count). The maximum absolute atomic E-state index is 12.8. The number of rotatable bonds is 9. The molecule has 4 aromatic rings. The van der Waals surface area contributed by atoms with E-state index >= 15 is 0 Å². The Balaban J connectivity index is 1.22. The molecule has 8 heteroatoms. The number of nitrogens with one attached hydrogen (secondary N) is 1. The number of hydrogen-bond acceptors (Lipinski definition) is 7. The van der Waals surface area contributed by atoms with Crippen LogP contribution in [0.15, 0.2) is 91.0 Å². The molecule has 0 unspecified atom stereocenters.